The highest BCUT2D eigenvalue weighted by molar-refractivity contribution is 6.08. The van der Waals surface area contributed by atoms with Crippen molar-refractivity contribution in [1.82, 2.24) is 4.98 Å². The Morgan fingerprint density at radius 2 is 2.00 bits per heavy atom. The van der Waals surface area contributed by atoms with Gasteiger partial charge in [0.25, 0.3) is 5.91 Å². The molecule has 1 aromatic carbocycles. The number of hydrogen-bond acceptors (Lipinski definition) is 5. The Bertz CT molecular complexity index is 667. The molecule has 2 aromatic rings. The van der Waals surface area contributed by atoms with E-state index in [1.807, 2.05) is 24.3 Å². The Morgan fingerprint density at radius 1 is 1.22 bits per heavy atom. The first-order chi connectivity index (χ1) is 11.3. The molecule has 23 heavy (non-hydrogen) atoms. The molecule has 6 heteroatoms. The second-order valence-electron chi connectivity index (χ2n) is 5.16. The fourth-order valence-electron chi connectivity index (χ4n) is 2.52. The van der Waals surface area contributed by atoms with Crippen molar-refractivity contribution in [3.05, 3.63) is 48.2 Å². The van der Waals surface area contributed by atoms with Crippen molar-refractivity contribution < 1.29 is 14.3 Å². The number of pyridine rings is 1. The van der Waals surface area contributed by atoms with Gasteiger partial charge in [-0.25, -0.2) is 4.98 Å². The number of aromatic nitrogens is 1. The quantitative estimate of drug-likeness (QED) is 0.937. The van der Waals surface area contributed by atoms with Crippen LogP contribution in [0.1, 0.15) is 10.4 Å². The third-order valence-electron chi connectivity index (χ3n) is 3.70. The highest BCUT2D eigenvalue weighted by atomic mass is 16.5. The zero-order chi connectivity index (χ0) is 16.1. The molecule has 0 saturated carbocycles. The van der Waals surface area contributed by atoms with Crippen molar-refractivity contribution in [2.45, 2.75) is 0 Å². The highest BCUT2D eigenvalue weighted by Crippen LogP contribution is 2.23. The van der Waals surface area contributed by atoms with Gasteiger partial charge in [0.05, 0.1) is 37.8 Å². The van der Waals surface area contributed by atoms with E-state index in [1.54, 1.807) is 25.4 Å². The summed E-state index contributed by atoms with van der Waals surface area (Å²) in [7, 11) is 1.55. The molecule has 1 N–H and O–H groups in total. The smallest absolute Gasteiger partial charge is 0.257 e. The third kappa shape index (κ3) is 3.60. The van der Waals surface area contributed by atoms with Crippen LogP contribution in [0.25, 0.3) is 0 Å². The highest BCUT2D eigenvalue weighted by Gasteiger charge is 2.18. The fraction of sp³-hybridized carbons (Fsp3) is 0.294. The number of nitrogens with zero attached hydrogens (tertiary/aromatic N) is 2. The van der Waals surface area contributed by atoms with Crippen LogP contribution >= 0.6 is 0 Å². The summed E-state index contributed by atoms with van der Waals surface area (Å²) in [5.74, 6) is 0.357. The molecule has 0 radical (unpaired) electrons. The number of morpholine rings is 1. The van der Waals surface area contributed by atoms with Crippen LogP contribution in [0.15, 0.2) is 42.6 Å². The standard InChI is InChI=1S/C17H19N3O3/c1-22-16-7-6-13(12-18-16)19-17(21)14-4-2-3-5-15(14)20-8-10-23-11-9-20/h2-7,12H,8-11H2,1H3,(H,19,21). The van der Waals surface area contributed by atoms with E-state index in [9.17, 15) is 4.79 Å². The molecule has 0 unspecified atom stereocenters. The van der Waals surface area contributed by atoms with Gasteiger partial charge in [-0.2, -0.15) is 0 Å². The van der Waals surface area contributed by atoms with Crippen LogP contribution in [0.4, 0.5) is 11.4 Å². The summed E-state index contributed by atoms with van der Waals surface area (Å²) in [5.41, 5.74) is 2.20. The van der Waals surface area contributed by atoms with Gasteiger partial charge in [-0.05, 0) is 18.2 Å². The lowest BCUT2D eigenvalue weighted by atomic mass is 10.1. The topological polar surface area (TPSA) is 63.7 Å². The minimum Gasteiger partial charge on any atom is -0.481 e. The summed E-state index contributed by atoms with van der Waals surface area (Å²) in [6.45, 7) is 2.93. The minimum atomic E-state index is -0.154. The maximum atomic E-state index is 12.6. The molecule has 6 nitrogen and oxygen atoms in total. The lowest BCUT2D eigenvalue weighted by Crippen LogP contribution is -2.37. The largest absolute Gasteiger partial charge is 0.481 e. The molecule has 0 aliphatic carbocycles. The Balaban J connectivity index is 1.78. The molecule has 1 aliphatic heterocycles. The monoisotopic (exact) mass is 313 g/mol. The van der Waals surface area contributed by atoms with Crippen molar-refractivity contribution in [3.8, 4) is 5.88 Å². The molecule has 0 bridgehead atoms. The number of ether oxygens (including phenoxy) is 2. The van der Waals surface area contributed by atoms with Crippen LogP contribution < -0.4 is 15.0 Å². The van der Waals surface area contributed by atoms with E-state index in [2.05, 4.69) is 15.2 Å². The van der Waals surface area contributed by atoms with Gasteiger partial charge in [0, 0.05) is 24.8 Å². The van der Waals surface area contributed by atoms with Crippen LogP contribution in [0.5, 0.6) is 5.88 Å². The molecule has 1 aromatic heterocycles. The van der Waals surface area contributed by atoms with Crippen molar-refractivity contribution in [2.75, 3.05) is 43.6 Å². The van der Waals surface area contributed by atoms with E-state index in [4.69, 9.17) is 9.47 Å². The maximum absolute atomic E-state index is 12.6. The molecule has 0 atom stereocenters. The number of amides is 1. The number of para-hydroxylation sites is 1. The van der Waals surface area contributed by atoms with Crippen molar-refractivity contribution in [3.63, 3.8) is 0 Å². The number of carbonyl (C=O) groups is 1. The number of benzene rings is 1. The van der Waals surface area contributed by atoms with E-state index in [0.717, 1.165) is 18.8 Å². The minimum absolute atomic E-state index is 0.154. The molecule has 2 heterocycles. The van der Waals surface area contributed by atoms with Crippen molar-refractivity contribution in [1.29, 1.82) is 0 Å². The predicted octanol–water partition coefficient (Wildman–Crippen LogP) is 2.18. The molecule has 1 saturated heterocycles. The van der Waals surface area contributed by atoms with Crippen molar-refractivity contribution in [2.24, 2.45) is 0 Å². The van der Waals surface area contributed by atoms with Gasteiger partial charge in [0.2, 0.25) is 5.88 Å². The third-order valence-corrected chi connectivity index (χ3v) is 3.70. The van der Waals surface area contributed by atoms with E-state index in [1.165, 1.54) is 0 Å². The van der Waals surface area contributed by atoms with Gasteiger partial charge in [0.1, 0.15) is 0 Å². The van der Waals surface area contributed by atoms with Gasteiger partial charge < -0.3 is 19.7 Å². The number of rotatable bonds is 4. The number of methoxy groups -OCH3 is 1. The van der Waals surface area contributed by atoms with E-state index >= 15 is 0 Å². The molecule has 1 aliphatic rings. The summed E-state index contributed by atoms with van der Waals surface area (Å²) < 4.78 is 10.4. The molecule has 3 rings (SSSR count). The summed E-state index contributed by atoms with van der Waals surface area (Å²) >= 11 is 0. The SMILES string of the molecule is COc1ccc(NC(=O)c2ccccc2N2CCOCC2)cn1. The Hall–Kier alpha value is -2.60. The van der Waals surface area contributed by atoms with E-state index < -0.39 is 0 Å². The maximum Gasteiger partial charge on any atom is 0.257 e. The predicted molar refractivity (Wildman–Crippen MR) is 88.2 cm³/mol. The van der Waals surface area contributed by atoms with Crippen LogP contribution in [-0.4, -0.2) is 44.3 Å². The second kappa shape index (κ2) is 7.11. The van der Waals surface area contributed by atoms with Gasteiger partial charge in [-0.15, -0.1) is 0 Å². The van der Waals surface area contributed by atoms with Crippen LogP contribution in [0.2, 0.25) is 0 Å². The molecular weight excluding hydrogens is 294 g/mol. The number of hydrogen-bond donors (Lipinski definition) is 1. The van der Waals surface area contributed by atoms with Gasteiger partial charge in [-0.1, -0.05) is 12.1 Å². The normalized spacial score (nSPS) is 14.4. The Labute approximate surface area is 135 Å². The molecule has 1 amide bonds. The summed E-state index contributed by atoms with van der Waals surface area (Å²) in [4.78, 5) is 18.9. The second-order valence-corrected chi connectivity index (χ2v) is 5.16. The zero-order valence-electron chi connectivity index (χ0n) is 13.0. The first-order valence-corrected chi connectivity index (χ1v) is 7.51. The van der Waals surface area contributed by atoms with Gasteiger partial charge in [0.15, 0.2) is 0 Å². The lowest BCUT2D eigenvalue weighted by molar-refractivity contribution is 0.102. The van der Waals surface area contributed by atoms with Crippen LogP contribution in [0, 0.1) is 0 Å². The summed E-state index contributed by atoms with van der Waals surface area (Å²) in [6.07, 6.45) is 1.58. The molecule has 0 spiro atoms. The number of anilines is 2. The van der Waals surface area contributed by atoms with E-state index in [-0.39, 0.29) is 5.91 Å². The average Bonchev–Trinajstić information content (AvgIpc) is 2.63. The molecular formula is C17H19N3O3. The molecule has 1 fully saturated rings. The number of nitrogens with one attached hydrogen (secondary N) is 1. The van der Waals surface area contributed by atoms with Gasteiger partial charge in [-0.3, -0.25) is 4.79 Å². The zero-order valence-corrected chi connectivity index (χ0v) is 13.0. The molecule has 120 valence electrons. The fourth-order valence-corrected chi connectivity index (χ4v) is 2.52. The number of carbonyl (C=O) groups excluding carboxylic acids is 1. The lowest BCUT2D eigenvalue weighted by Gasteiger charge is -2.30. The Morgan fingerprint density at radius 3 is 2.70 bits per heavy atom. The summed E-state index contributed by atoms with van der Waals surface area (Å²) in [6, 6.07) is 11.1. The average molecular weight is 313 g/mol. The van der Waals surface area contributed by atoms with Crippen molar-refractivity contribution >= 4 is 17.3 Å². The van der Waals surface area contributed by atoms with Gasteiger partial charge >= 0.3 is 0 Å². The van der Waals surface area contributed by atoms with E-state index in [0.29, 0.717) is 30.3 Å². The summed E-state index contributed by atoms with van der Waals surface area (Å²) in [5, 5.41) is 2.87. The Kier molecular flexibility index (Phi) is 4.73. The van der Waals surface area contributed by atoms with Crippen LogP contribution in [-0.2, 0) is 4.74 Å². The van der Waals surface area contributed by atoms with Crippen LogP contribution in [0.3, 0.4) is 0 Å². The first-order valence-electron chi connectivity index (χ1n) is 7.51. The first kappa shape index (κ1) is 15.3.